The molecular weight excluding hydrogens is 160 g/mol. The van der Waals surface area contributed by atoms with E-state index in [0.29, 0.717) is 11.7 Å². The fraction of sp³-hybridized carbons (Fsp3) is 0.917. The van der Waals surface area contributed by atoms with Gasteiger partial charge in [-0.25, -0.2) is 0 Å². The van der Waals surface area contributed by atoms with Crippen LogP contribution in [-0.4, -0.2) is 5.78 Å². The minimum atomic E-state index is 0.376. The Hall–Kier alpha value is -0.330. The summed E-state index contributed by atoms with van der Waals surface area (Å²) in [5, 5.41) is 0. The van der Waals surface area contributed by atoms with Gasteiger partial charge in [0.1, 0.15) is 5.78 Å². The Labute approximate surface area is 79.9 Å². The monoisotopic (exact) mass is 178 g/mol. The van der Waals surface area contributed by atoms with Crippen molar-refractivity contribution in [3.63, 3.8) is 0 Å². The van der Waals surface area contributed by atoms with Gasteiger partial charge >= 0.3 is 0 Å². The van der Waals surface area contributed by atoms with E-state index < -0.39 is 0 Å². The number of hydrogen-bond acceptors (Lipinski definition) is 1. The van der Waals surface area contributed by atoms with Gasteiger partial charge in [0.05, 0.1) is 0 Å². The first-order valence-corrected chi connectivity index (χ1v) is 5.78. The molecule has 72 valence electrons. The molecule has 0 saturated heterocycles. The van der Waals surface area contributed by atoms with Crippen LogP contribution in [-0.2, 0) is 4.79 Å². The summed E-state index contributed by atoms with van der Waals surface area (Å²) < 4.78 is 0. The van der Waals surface area contributed by atoms with Crippen molar-refractivity contribution in [2.75, 3.05) is 0 Å². The lowest BCUT2D eigenvalue weighted by Crippen LogP contribution is -2.34. The van der Waals surface area contributed by atoms with Crippen LogP contribution in [0.2, 0.25) is 0 Å². The van der Waals surface area contributed by atoms with Crippen molar-refractivity contribution in [1.82, 2.24) is 0 Å². The van der Waals surface area contributed by atoms with Crippen molar-refractivity contribution in [1.29, 1.82) is 0 Å². The number of hydrogen-bond donors (Lipinski definition) is 0. The molecule has 3 fully saturated rings. The maximum Gasteiger partial charge on any atom is 0.136 e. The van der Waals surface area contributed by atoms with Crippen LogP contribution in [0.1, 0.15) is 39.0 Å². The summed E-state index contributed by atoms with van der Waals surface area (Å²) in [5.41, 5.74) is 0. The molecule has 1 heteroatoms. The van der Waals surface area contributed by atoms with Crippen molar-refractivity contribution in [2.24, 2.45) is 29.6 Å². The molecule has 0 radical (unpaired) electrons. The normalized spacial score (nSPS) is 53.9. The summed E-state index contributed by atoms with van der Waals surface area (Å²) in [7, 11) is 0. The minimum absolute atomic E-state index is 0.376. The Bertz CT molecular complexity index is 246. The van der Waals surface area contributed by atoms with Crippen molar-refractivity contribution in [3.05, 3.63) is 0 Å². The highest BCUT2D eigenvalue weighted by Crippen LogP contribution is 2.57. The zero-order chi connectivity index (χ0) is 9.00. The zero-order valence-electron chi connectivity index (χ0n) is 8.33. The molecule has 0 heterocycles. The van der Waals surface area contributed by atoms with Gasteiger partial charge in [0, 0.05) is 12.3 Å². The smallest absolute Gasteiger partial charge is 0.136 e. The van der Waals surface area contributed by atoms with E-state index in [1.165, 1.54) is 25.7 Å². The molecule has 3 rings (SSSR count). The highest BCUT2D eigenvalue weighted by Gasteiger charge is 2.50. The van der Waals surface area contributed by atoms with E-state index in [4.69, 9.17) is 0 Å². The molecule has 0 N–H and O–H groups in total. The van der Waals surface area contributed by atoms with Crippen molar-refractivity contribution in [2.45, 2.75) is 39.0 Å². The molecule has 13 heavy (non-hydrogen) atoms. The van der Waals surface area contributed by atoms with Crippen LogP contribution in [0.25, 0.3) is 0 Å². The van der Waals surface area contributed by atoms with E-state index in [1.807, 2.05) is 0 Å². The largest absolute Gasteiger partial charge is 0.299 e. The second-order valence-corrected chi connectivity index (χ2v) is 5.47. The topological polar surface area (TPSA) is 17.1 Å². The van der Waals surface area contributed by atoms with Gasteiger partial charge in [-0.3, -0.25) is 4.79 Å². The van der Waals surface area contributed by atoms with Gasteiger partial charge in [0.2, 0.25) is 0 Å². The Balaban J connectivity index is 1.84. The predicted octanol–water partition coefficient (Wildman–Crippen LogP) is 2.65. The highest BCUT2D eigenvalue weighted by atomic mass is 16.1. The van der Waals surface area contributed by atoms with Crippen LogP contribution in [0, 0.1) is 29.6 Å². The molecule has 3 aliphatic rings. The third kappa shape index (κ3) is 1.02. The number of carbonyl (C=O) groups excluding carboxylic acids is 1. The maximum absolute atomic E-state index is 11.6. The molecule has 0 aromatic heterocycles. The molecule has 0 aliphatic heterocycles. The van der Waals surface area contributed by atoms with E-state index in [0.717, 1.165) is 30.1 Å². The molecular formula is C12H18O. The molecule has 0 amide bonds. The Morgan fingerprint density at radius 3 is 2.54 bits per heavy atom. The first-order valence-electron chi connectivity index (χ1n) is 5.78. The predicted molar refractivity (Wildman–Crippen MR) is 51.2 cm³/mol. The third-order valence-corrected chi connectivity index (χ3v) is 4.89. The fourth-order valence-corrected chi connectivity index (χ4v) is 4.19. The van der Waals surface area contributed by atoms with E-state index in [9.17, 15) is 4.79 Å². The summed E-state index contributed by atoms with van der Waals surface area (Å²) >= 11 is 0. The molecule has 5 atom stereocenters. The average Bonchev–Trinajstić information content (AvgIpc) is 2.67. The van der Waals surface area contributed by atoms with Crippen LogP contribution in [0.5, 0.6) is 0 Å². The summed E-state index contributed by atoms with van der Waals surface area (Å²) in [6.07, 6.45) is 6.48. The van der Waals surface area contributed by atoms with Gasteiger partial charge in [0.15, 0.2) is 0 Å². The lowest BCUT2D eigenvalue weighted by Gasteiger charge is -2.36. The molecule has 3 saturated carbocycles. The average molecular weight is 178 g/mol. The Morgan fingerprint density at radius 1 is 1.08 bits per heavy atom. The summed E-state index contributed by atoms with van der Waals surface area (Å²) in [6, 6.07) is 0. The lowest BCUT2D eigenvalue weighted by molar-refractivity contribution is -0.127. The molecule has 0 unspecified atom stereocenters. The quantitative estimate of drug-likeness (QED) is 0.557. The van der Waals surface area contributed by atoms with Crippen molar-refractivity contribution >= 4 is 5.78 Å². The van der Waals surface area contributed by atoms with Gasteiger partial charge < -0.3 is 0 Å². The number of fused-ring (bicyclic) bond motifs is 5. The highest BCUT2D eigenvalue weighted by molar-refractivity contribution is 5.81. The number of rotatable bonds is 0. The molecule has 0 spiro atoms. The molecule has 1 nitrogen and oxygen atoms in total. The minimum Gasteiger partial charge on any atom is -0.299 e. The Morgan fingerprint density at radius 2 is 1.77 bits per heavy atom. The van der Waals surface area contributed by atoms with Gasteiger partial charge in [-0.1, -0.05) is 6.92 Å². The second-order valence-electron chi connectivity index (χ2n) is 5.47. The SMILES string of the molecule is C[C@@H]1C[C@H]2[C@H]3CC[C@@H](C3)[C@@H]2CC1=O. The number of carbonyl (C=O) groups is 1. The Kier molecular flexibility index (Phi) is 1.59. The fourth-order valence-electron chi connectivity index (χ4n) is 4.19. The second kappa shape index (κ2) is 2.59. The third-order valence-electron chi connectivity index (χ3n) is 4.89. The number of Topliss-reactive ketones (excluding diaryl/α,β-unsaturated/α-hetero) is 1. The first-order chi connectivity index (χ1) is 6.25. The van der Waals surface area contributed by atoms with Gasteiger partial charge in [-0.2, -0.15) is 0 Å². The summed E-state index contributed by atoms with van der Waals surface area (Å²) in [6.45, 7) is 2.13. The molecule has 0 aromatic carbocycles. The maximum atomic E-state index is 11.6. The standard InChI is InChI=1S/C12H18O/c1-7-4-10-8-2-3-9(5-8)11(10)6-12(7)13/h7-11H,2-6H2,1H3/t7-,8+,9+,10+,11+/m1/s1. The van der Waals surface area contributed by atoms with E-state index in [-0.39, 0.29) is 0 Å². The van der Waals surface area contributed by atoms with E-state index >= 15 is 0 Å². The van der Waals surface area contributed by atoms with Crippen LogP contribution < -0.4 is 0 Å². The molecule has 3 aliphatic carbocycles. The van der Waals surface area contributed by atoms with Crippen molar-refractivity contribution in [3.8, 4) is 0 Å². The first kappa shape index (κ1) is 8.02. The van der Waals surface area contributed by atoms with Crippen LogP contribution in [0.3, 0.4) is 0 Å². The van der Waals surface area contributed by atoms with E-state index in [1.54, 1.807) is 0 Å². The lowest BCUT2D eigenvalue weighted by atomic mass is 9.67. The van der Waals surface area contributed by atoms with Gasteiger partial charge in [0.25, 0.3) is 0 Å². The van der Waals surface area contributed by atoms with Gasteiger partial charge in [-0.15, -0.1) is 0 Å². The molecule has 2 bridgehead atoms. The van der Waals surface area contributed by atoms with Crippen LogP contribution in [0.15, 0.2) is 0 Å². The van der Waals surface area contributed by atoms with Crippen LogP contribution >= 0.6 is 0 Å². The number of ketones is 1. The van der Waals surface area contributed by atoms with Crippen LogP contribution in [0.4, 0.5) is 0 Å². The van der Waals surface area contributed by atoms with E-state index in [2.05, 4.69) is 6.92 Å². The zero-order valence-corrected chi connectivity index (χ0v) is 8.33. The summed E-state index contributed by atoms with van der Waals surface area (Å²) in [4.78, 5) is 11.6. The summed E-state index contributed by atoms with van der Waals surface area (Å²) in [5.74, 6) is 4.61. The van der Waals surface area contributed by atoms with Crippen molar-refractivity contribution < 1.29 is 4.79 Å². The van der Waals surface area contributed by atoms with Gasteiger partial charge in [-0.05, 0) is 49.4 Å². The molecule has 0 aromatic rings.